The molecule has 3 amide bonds. The van der Waals surface area contributed by atoms with Crippen LogP contribution in [0.2, 0.25) is 5.02 Å². The molecule has 0 radical (unpaired) electrons. The number of hydrogen-bond acceptors (Lipinski definition) is 7. The third-order valence-electron chi connectivity index (χ3n) is 8.68. The molecule has 6 atom stereocenters. The van der Waals surface area contributed by atoms with Gasteiger partial charge in [0.1, 0.15) is 30.0 Å². The first kappa shape index (κ1) is 36.9. The normalized spacial score (nSPS) is 26.7. The molecule has 2 aromatic carbocycles. The third kappa shape index (κ3) is 10.1. The fourth-order valence-corrected chi connectivity index (χ4v) is 6.01. The highest BCUT2D eigenvalue weighted by atomic mass is 35.5. The number of rotatable bonds is 7. The van der Waals surface area contributed by atoms with Gasteiger partial charge in [0, 0.05) is 25.3 Å². The number of ether oxygens (including phenoxy) is 3. The van der Waals surface area contributed by atoms with Gasteiger partial charge in [-0.25, -0.2) is 4.79 Å². The Morgan fingerprint density at radius 1 is 1.02 bits per heavy atom. The van der Waals surface area contributed by atoms with Crippen LogP contribution in [0.4, 0.5) is 0 Å². The number of methoxy groups -OCH3 is 1. The Kier molecular flexibility index (Phi) is 12.0. The Labute approximate surface area is 288 Å². The summed E-state index contributed by atoms with van der Waals surface area (Å²) in [7, 11) is 1.51. The lowest BCUT2D eigenvalue weighted by Gasteiger charge is -2.32. The Morgan fingerprint density at radius 3 is 2.38 bits per heavy atom. The van der Waals surface area contributed by atoms with E-state index in [0.29, 0.717) is 22.8 Å². The topological polar surface area (TPSA) is 135 Å². The van der Waals surface area contributed by atoms with Crippen LogP contribution < -0.4 is 20.7 Å². The van der Waals surface area contributed by atoms with E-state index in [1.165, 1.54) is 13.2 Å². The summed E-state index contributed by atoms with van der Waals surface area (Å²) in [6, 6.07) is 13.1. The Hall–Kier alpha value is -3.89. The average Bonchev–Trinajstić information content (AvgIpc) is 3.83. The highest BCUT2D eigenvalue weighted by Crippen LogP contribution is 2.45. The van der Waals surface area contributed by atoms with Gasteiger partial charge < -0.3 is 30.2 Å². The summed E-state index contributed by atoms with van der Waals surface area (Å²) in [5.74, 6) is -1.67. The fraction of sp³-hybridized carbons (Fsp3) is 0.514. The lowest BCUT2D eigenvalue weighted by molar-refractivity contribution is -0.157. The monoisotopic (exact) mass is 681 g/mol. The fourth-order valence-electron chi connectivity index (χ4n) is 5.73. The molecule has 1 saturated heterocycles. The van der Waals surface area contributed by atoms with Crippen LogP contribution in [0.15, 0.2) is 60.7 Å². The number of amides is 3. The van der Waals surface area contributed by atoms with Crippen LogP contribution in [-0.2, 0) is 35.1 Å². The van der Waals surface area contributed by atoms with Crippen molar-refractivity contribution in [2.75, 3.05) is 13.7 Å². The van der Waals surface area contributed by atoms with Gasteiger partial charge in [0.2, 0.25) is 17.7 Å². The molecular formula is C37H48ClN3O7. The van der Waals surface area contributed by atoms with Gasteiger partial charge in [-0.3, -0.25) is 14.4 Å². The van der Waals surface area contributed by atoms with Crippen molar-refractivity contribution in [1.29, 1.82) is 0 Å². The first-order valence-electron chi connectivity index (χ1n) is 16.4. The standard InChI is InChI=1S/C37H48ClN3O7/c1-22(31-32(48-31)24-12-9-8-10-13-24)28-14-11-15-30(42)40-26(19-23-16-17-29(46-7)25(38)18-23)33(43)39-21-37(5,6)35(45)41-27(34(44)47-28)20-36(2,3)4/h8-13,15-18,22,26-28,31-32H,14,19-21H2,1-7H3,(H,39,43)(H,40,42)(H,41,45)/b15-11+/t22-,26?,27-,28-,31+,32+/m0/s1. The summed E-state index contributed by atoms with van der Waals surface area (Å²) < 4.78 is 17.4. The number of esters is 1. The summed E-state index contributed by atoms with van der Waals surface area (Å²) in [6.45, 7) is 11.2. The highest BCUT2D eigenvalue weighted by molar-refractivity contribution is 6.32. The summed E-state index contributed by atoms with van der Waals surface area (Å²) in [5, 5.41) is 8.90. The van der Waals surface area contributed by atoms with E-state index in [-0.39, 0.29) is 42.9 Å². The van der Waals surface area contributed by atoms with Gasteiger partial charge in [0.05, 0.1) is 23.7 Å². The number of cyclic esters (lactones) is 1. The Morgan fingerprint density at radius 2 is 1.73 bits per heavy atom. The zero-order chi connectivity index (χ0) is 35.2. The highest BCUT2D eigenvalue weighted by Gasteiger charge is 2.48. The van der Waals surface area contributed by atoms with E-state index in [1.807, 2.05) is 58.0 Å². The predicted molar refractivity (Wildman–Crippen MR) is 183 cm³/mol. The Bertz CT molecular complexity index is 1500. The zero-order valence-electron chi connectivity index (χ0n) is 28.8. The lowest BCUT2D eigenvalue weighted by Crippen LogP contribution is -2.54. The molecule has 11 heteroatoms. The largest absolute Gasteiger partial charge is 0.495 e. The van der Waals surface area contributed by atoms with E-state index >= 15 is 0 Å². The molecule has 0 aromatic heterocycles. The van der Waals surface area contributed by atoms with Crippen molar-refractivity contribution in [3.05, 3.63) is 76.8 Å². The number of halogens is 1. The molecule has 2 heterocycles. The second-order valence-corrected chi connectivity index (χ2v) is 14.9. The second-order valence-electron chi connectivity index (χ2n) is 14.5. The van der Waals surface area contributed by atoms with Crippen LogP contribution in [-0.4, -0.2) is 61.6 Å². The molecule has 1 fully saturated rings. The lowest BCUT2D eigenvalue weighted by atomic mass is 9.86. The third-order valence-corrected chi connectivity index (χ3v) is 8.97. The van der Waals surface area contributed by atoms with Crippen molar-refractivity contribution < 1.29 is 33.4 Å². The van der Waals surface area contributed by atoms with Crippen LogP contribution in [0.1, 0.15) is 71.6 Å². The van der Waals surface area contributed by atoms with Gasteiger partial charge in [-0.15, -0.1) is 0 Å². The molecule has 1 unspecified atom stereocenters. The summed E-state index contributed by atoms with van der Waals surface area (Å²) in [4.78, 5) is 54.1. The molecule has 48 heavy (non-hydrogen) atoms. The van der Waals surface area contributed by atoms with Crippen molar-refractivity contribution in [3.8, 4) is 5.75 Å². The van der Waals surface area contributed by atoms with E-state index in [0.717, 1.165) is 5.56 Å². The van der Waals surface area contributed by atoms with Gasteiger partial charge in [-0.05, 0) is 55.0 Å². The van der Waals surface area contributed by atoms with Gasteiger partial charge in [-0.2, -0.15) is 0 Å². The minimum atomic E-state index is -1.10. The first-order chi connectivity index (χ1) is 22.6. The summed E-state index contributed by atoms with van der Waals surface area (Å²) in [5.41, 5.74) is 0.329. The van der Waals surface area contributed by atoms with E-state index in [4.69, 9.17) is 25.8 Å². The Balaban J connectivity index is 1.63. The van der Waals surface area contributed by atoms with Crippen LogP contribution >= 0.6 is 11.6 Å². The summed E-state index contributed by atoms with van der Waals surface area (Å²) >= 11 is 6.33. The van der Waals surface area contributed by atoms with Crippen LogP contribution in [0.5, 0.6) is 5.75 Å². The molecule has 3 N–H and O–H groups in total. The van der Waals surface area contributed by atoms with Gasteiger partial charge >= 0.3 is 5.97 Å². The van der Waals surface area contributed by atoms with Gasteiger partial charge in [-0.1, -0.05) is 81.8 Å². The molecule has 2 aromatic rings. The van der Waals surface area contributed by atoms with Gasteiger partial charge in [0.15, 0.2) is 0 Å². The van der Waals surface area contributed by atoms with Crippen LogP contribution in [0, 0.1) is 16.7 Å². The van der Waals surface area contributed by atoms with Crippen molar-refractivity contribution in [2.45, 2.75) is 91.2 Å². The summed E-state index contributed by atoms with van der Waals surface area (Å²) in [6.07, 6.45) is 2.69. The van der Waals surface area contributed by atoms with E-state index in [2.05, 4.69) is 16.0 Å². The van der Waals surface area contributed by atoms with Crippen LogP contribution in [0.3, 0.4) is 0 Å². The quantitative estimate of drug-likeness (QED) is 0.274. The maximum absolute atomic E-state index is 13.8. The van der Waals surface area contributed by atoms with Crippen LogP contribution in [0.25, 0.3) is 0 Å². The maximum atomic E-state index is 13.8. The number of carbonyl (C=O) groups is 4. The maximum Gasteiger partial charge on any atom is 0.328 e. The second kappa shape index (κ2) is 15.6. The molecule has 0 saturated carbocycles. The van der Waals surface area contributed by atoms with Crippen molar-refractivity contribution >= 4 is 35.3 Å². The number of hydrogen-bond donors (Lipinski definition) is 3. The number of epoxide rings is 1. The zero-order valence-corrected chi connectivity index (χ0v) is 29.6. The molecule has 0 bridgehead atoms. The predicted octanol–water partition coefficient (Wildman–Crippen LogP) is 5.09. The molecule has 10 nitrogen and oxygen atoms in total. The molecule has 0 spiro atoms. The van der Waals surface area contributed by atoms with Crippen molar-refractivity contribution in [1.82, 2.24) is 16.0 Å². The van der Waals surface area contributed by atoms with Crippen molar-refractivity contribution in [3.63, 3.8) is 0 Å². The molecule has 260 valence electrons. The average molecular weight is 682 g/mol. The molecule has 2 aliphatic rings. The van der Waals surface area contributed by atoms with E-state index < -0.39 is 47.3 Å². The molecular weight excluding hydrogens is 634 g/mol. The SMILES string of the molecule is COc1ccc(CC2NC(=O)/C=C/C[C@@H]([C@H](C)[C@H]3O[C@@H]3c3ccccc3)OC(=O)[C@H](CC(C)(C)C)NC(=O)C(C)(C)CNC2=O)cc1Cl. The van der Waals surface area contributed by atoms with E-state index in [1.54, 1.807) is 38.1 Å². The molecule has 4 rings (SSSR count). The number of benzene rings is 2. The number of carbonyl (C=O) groups excluding carboxylic acids is 4. The van der Waals surface area contributed by atoms with E-state index in [9.17, 15) is 19.2 Å². The smallest absolute Gasteiger partial charge is 0.328 e. The van der Waals surface area contributed by atoms with Crippen molar-refractivity contribution in [2.24, 2.45) is 16.7 Å². The molecule has 2 aliphatic heterocycles. The minimum Gasteiger partial charge on any atom is -0.495 e. The minimum absolute atomic E-state index is 0.0416. The number of nitrogens with one attached hydrogen (secondary N) is 3. The van der Waals surface area contributed by atoms with Gasteiger partial charge in [0.25, 0.3) is 0 Å². The first-order valence-corrected chi connectivity index (χ1v) is 16.7. The molecule has 0 aliphatic carbocycles.